The topological polar surface area (TPSA) is 118 Å². The van der Waals surface area contributed by atoms with E-state index in [-0.39, 0.29) is 28.4 Å². The molecule has 1 amide bonds. The van der Waals surface area contributed by atoms with Gasteiger partial charge in [0.25, 0.3) is 5.69 Å². The van der Waals surface area contributed by atoms with E-state index in [9.17, 15) is 23.3 Å². The molecule has 0 atom stereocenters. The molecule has 0 aliphatic heterocycles. The maximum Gasteiger partial charge on any atom is 0.275 e. The van der Waals surface area contributed by atoms with Crippen LogP contribution in [0.25, 0.3) is 0 Å². The number of rotatable bonds is 7. The molecule has 8 nitrogen and oxygen atoms in total. The minimum Gasteiger partial charge on any atom is -0.325 e. The van der Waals surface area contributed by atoms with E-state index < -0.39 is 26.5 Å². The normalized spacial score (nSPS) is 11.3. The second-order valence-electron chi connectivity index (χ2n) is 5.99. The van der Waals surface area contributed by atoms with Crippen LogP contribution in [-0.4, -0.2) is 25.8 Å². The van der Waals surface area contributed by atoms with Gasteiger partial charge >= 0.3 is 0 Å². The number of nitro benzene ring substituents is 1. The third kappa shape index (κ3) is 5.41. The maximum absolute atomic E-state index is 12.4. The fourth-order valence-corrected chi connectivity index (χ4v) is 3.94. The van der Waals surface area contributed by atoms with Gasteiger partial charge in [0.2, 0.25) is 15.9 Å². The molecule has 0 heterocycles. The highest BCUT2D eigenvalue weighted by molar-refractivity contribution is 7.89. The van der Waals surface area contributed by atoms with E-state index >= 15 is 0 Å². The van der Waals surface area contributed by atoms with Crippen molar-refractivity contribution in [3.05, 3.63) is 61.6 Å². The molecule has 0 saturated heterocycles. The first-order chi connectivity index (χ1) is 13.0. The van der Waals surface area contributed by atoms with E-state index in [0.29, 0.717) is 10.7 Å². The predicted octanol–water partition coefficient (Wildman–Crippen LogP) is 3.83. The molecule has 0 spiro atoms. The summed E-state index contributed by atoms with van der Waals surface area (Å²) in [6.45, 7) is 3.07. The fourth-order valence-electron chi connectivity index (χ4n) is 2.30. The van der Waals surface area contributed by atoms with Gasteiger partial charge in [-0.3, -0.25) is 14.9 Å². The largest absolute Gasteiger partial charge is 0.325 e. The number of carbonyl (C=O) groups excluding carboxylic acids is 1. The molecule has 2 N–H and O–H groups in total. The Kier molecular flexibility index (Phi) is 7.00. The minimum absolute atomic E-state index is 0.0404. The highest BCUT2D eigenvalue weighted by Gasteiger charge is 2.22. The van der Waals surface area contributed by atoms with E-state index in [2.05, 4.69) is 10.0 Å². The molecule has 28 heavy (non-hydrogen) atoms. The van der Waals surface area contributed by atoms with Crippen molar-refractivity contribution in [1.29, 1.82) is 0 Å². The molecule has 0 aliphatic rings. The molecule has 0 saturated carbocycles. The van der Waals surface area contributed by atoms with Crippen molar-refractivity contribution in [1.82, 2.24) is 4.72 Å². The van der Waals surface area contributed by atoms with Crippen LogP contribution in [0.2, 0.25) is 10.0 Å². The molecule has 0 unspecified atom stereocenters. The van der Waals surface area contributed by atoms with Gasteiger partial charge in [-0.05, 0) is 37.6 Å². The lowest BCUT2D eigenvalue weighted by molar-refractivity contribution is -0.385. The summed E-state index contributed by atoms with van der Waals surface area (Å²) in [6.07, 6.45) is -0.162. The summed E-state index contributed by atoms with van der Waals surface area (Å²) < 4.78 is 26.9. The van der Waals surface area contributed by atoms with Crippen molar-refractivity contribution in [3.63, 3.8) is 0 Å². The summed E-state index contributed by atoms with van der Waals surface area (Å²) in [7, 11) is -4.08. The first kappa shape index (κ1) is 22.1. The van der Waals surface area contributed by atoms with Gasteiger partial charge in [-0.15, -0.1) is 0 Å². The van der Waals surface area contributed by atoms with Crippen molar-refractivity contribution < 1.29 is 18.1 Å². The Labute approximate surface area is 172 Å². The Balaban J connectivity index is 2.03. The lowest BCUT2D eigenvalue weighted by atomic mass is 10.2. The Morgan fingerprint density at radius 2 is 1.82 bits per heavy atom. The van der Waals surface area contributed by atoms with Crippen LogP contribution in [0.4, 0.5) is 11.4 Å². The number of nitrogens with one attached hydrogen (secondary N) is 2. The number of sulfonamides is 1. The predicted molar refractivity (Wildman–Crippen MR) is 107 cm³/mol. The fraction of sp³-hybridized carbons (Fsp3) is 0.235. The number of amides is 1. The van der Waals surface area contributed by atoms with Gasteiger partial charge in [0.05, 0.1) is 25.6 Å². The van der Waals surface area contributed by atoms with Gasteiger partial charge in [-0.25, -0.2) is 13.1 Å². The Hall–Kier alpha value is -2.20. The average Bonchev–Trinajstić information content (AvgIpc) is 2.59. The molecule has 0 aromatic heterocycles. The second kappa shape index (κ2) is 8.87. The standard InChI is InChI=1S/C17H17Cl2N3O5S/c1-10-3-4-15(14(19)7-10)21-17(23)5-6-20-28(26,27)12-8-13(18)11(2)16(9-12)22(24)25/h3-4,7-9,20H,5-6H2,1-2H3,(H,21,23). The number of hydrogen-bond acceptors (Lipinski definition) is 5. The number of hydrogen-bond donors (Lipinski definition) is 2. The Morgan fingerprint density at radius 1 is 1.14 bits per heavy atom. The Bertz CT molecular complexity index is 1040. The lowest BCUT2D eigenvalue weighted by Crippen LogP contribution is -2.28. The minimum atomic E-state index is -4.08. The number of carbonyl (C=O) groups is 1. The smallest absolute Gasteiger partial charge is 0.275 e. The van der Waals surface area contributed by atoms with E-state index in [1.165, 1.54) is 6.92 Å². The van der Waals surface area contributed by atoms with Crippen LogP contribution in [0.1, 0.15) is 17.5 Å². The maximum atomic E-state index is 12.4. The van der Waals surface area contributed by atoms with Gasteiger partial charge < -0.3 is 5.32 Å². The molecule has 2 aromatic carbocycles. The number of nitro groups is 1. The third-order valence-corrected chi connectivity index (χ3v) is 5.99. The highest BCUT2D eigenvalue weighted by atomic mass is 35.5. The first-order valence-corrected chi connectivity index (χ1v) is 10.3. The van der Waals surface area contributed by atoms with Crippen molar-refractivity contribution in [2.24, 2.45) is 0 Å². The summed E-state index contributed by atoms with van der Waals surface area (Å²) in [4.78, 5) is 22.0. The van der Waals surface area contributed by atoms with Crippen LogP contribution in [0.15, 0.2) is 35.2 Å². The van der Waals surface area contributed by atoms with Crippen molar-refractivity contribution >= 4 is 50.5 Å². The molecule has 150 valence electrons. The van der Waals surface area contributed by atoms with E-state index in [1.807, 2.05) is 6.92 Å². The van der Waals surface area contributed by atoms with E-state index in [0.717, 1.165) is 17.7 Å². The summed E-state index contributed by atoms with van der Waals surface area (Å²) in [6, 6.07) is 7.16. The second-order valence-corrected chi connectivity index (χ2v) is 8.57. The molecule has 0 radical (unpaired) electrons. The summed E-state index contributed by atoms with van der Waals surface area (Å²) >= 11 is 11.9. The monoisotopic (exact) mass is 445 g/mol. The molecular formula is C17H17Cl2N3O5S. The first-order valence-electron chi connectivity index (χ1n) is 8.01. The van der Waals surface area contributed by atoms with Gasteiger partial charge in [-0.1, -0.05) is 29.3 Å². The van der Waals surface area contributed by atoms with Crippen molar-refractivity contribution in [2.75, 3.05) is 11.9 Å². The zero-order valence-corrected chi connectivity index (χ0v) is 17.3. The van der Waals surface area contributed by atoms with Gasteiger partial charge in [-0.2, -0.15) is 0 Å². The van der Waals surface area contributed by atoms with Crippen LogP contribution < -0.4 is 10.0 Å². The number of benzene rings is 2. The third-order valence-electron chi connectivity index (χ3n) is 3.84. The molecule has 0 bridgehead atoms. The summed E-state index contributed by atoms with van der Waals surface area (Å²) in [5, 5.41) is 14.0. The van der Waals surface area contributed by atoms with Crippen LogP contribution >= 0.6 is 23.2 Å². The van der Waals surface area contributed by atoms with E-state index in [1.54, 1.807) is 18.2 Å². The van der Waals surface area contributed by atoms with Crippen LogP contribution in [-0.2, 0) is 14.8 Å². The van der Waals surface area contributed by atoms with Crippen molar-refractivity contribution in [2.45, 2.75) is 25.2 Å². The number of anilines is 1. The van der Waals surface area contributed by atoms with Gasteiger partial charge in [0.15, 0.2) is 0 Å². The Morgan fingerprint density at radius 3 is 2.43 bits per heavy atom. The molecular weight excluding hydrogens is 429 g/mol. The molecule has 11 heteroatoms. The molecule has 2 rings (SSSR count). The summed E-state index contributed by atoms with van der Waals surface area (Å²) in [5.41, 5.74) is 1.11. The van der Waals surface area contributed by atoms with Crippen LogP contribution in [0.3, 0.4) is 0 Å². The number of aryl methyl sites for hydroxylation is 1. The van der Waals surface area contributed by atoms with Gasteiger partial charge in [0, 0.05) is 24.6 Å². The number of nitrogens with zero attached hydrogens (tertiary/aromatic N) is 1. The zero-order valence-electron chi connectivity index (χ0n) is 15.0. The SMILES string of the molecule is Cc1ccc(NC(=O)CCNS(=O)(=O)c2cc(Cl)c(C)c([N+](=O)[O-])c2)c(Cl)c1. The molecule has 2 aromatic rings. The highest BCUT2D eigenvalue weighted by Crippen LogP contribution is 2.29. The van der Waals surface area contributed by atoms with Gasteiger partial charge in [0.1, 0.15) is 0 Å². The molecule has 0 fully saturated rings. The zero-order chi connectivity index (χ0) is 21.1. The average molecular weight is 446 g/mol. The molecule has 0 aliphatic carbocycles. The van der Waals surface area contributed by atoms with Crippen molar-refractivity contribution in [3.8, 4) is 0 Å². The van der Waals surface area contributed by atoms with Crippen LogP contribution in [0.5, 0.6) is 0 Å². The van der Waals surface area contributed by atoms with E-state index in [4.69, 9.17) is 23.2 Å². The lowest BCUT2D eigenvalue weighted by Gasteiger charge is -2.10. The van der Waals surface area contributed by atoms with Crippen LogP contribution in [0, 0.1) is 24.0 Å². The summed E-state index contributed by atoms with van der Waals surface area (Å²) in [5.74, 6) is -0.443. The quantitative estimate of drug-likeness (QED) is 0.495. The number of halogens is 2.